The van der Waals surface area contributed by atoms with Gasteiger partial charge in [0.2, 0.25) is 0 Å². The number of carbonyl (C=O) groups excluding carboxylic acids is 1. The van der Waals surface area contributed by atoms with Gasteiger partial charge in [-0.2, -0.15) is 0 Å². The summed E-state index contributed by atoms with van der Waals surface area (Å²) in [6, 6.07) is 15.8. The average molecular weight is 317 g/mol. The van der Waals surface area contributed by atoms with Gasteiger partial charge in [0, 0.05) is 6.08 Å². The summed E-state index contributed by atoms with van der Waals surface area (Å²) in [5.74, 6) is -0.462. The van der Waals surface area contributed by atoms with Crippen LogP contribution < -0.4 is 4.31 Å². The highest BCUT2D eigenvalue weighted by molar-refractivity contribution is 7.81. The molecule has 0 saturated heterocycles. The minimum Gasteiger partial charge on any atom is -0.466 e. The van der Waals surface area contributed by atoms with Crippen molar-refractivity contribution in [2.75, 3.05) is 11.4 Å². The van der Waals surface area contributed by atoms with E-state index in [9.17, 15) is 13.6 Å². The van der Waals surface area contributed by atoms with E-state index in [0.717, 1.165) is 0 Å². The Bertz CT molecular complexity index is 700. The zero-order chi connectivity index (χ0) is 15.9. The second-order valence-corrected chi connectivity index (χ2v) is 5.14. The smallest absolute Gasteiger partial charge is 0.330 e. The van der Waals surface area contributed by atoms with Crippen molar-refractivity contribution >= 4 is 34.7 Å². The van der Waals surface area contributed by atoms with Crippen LogP contribution in [-0.4, -0.2) is 21.8 Å². The van der Waals surface area contributed by atoms with Crippen molar-refractivity contribution in [2.24, 2.45) is 0 Å². The number of esters is 1. The van der Waals surface area contributed by atoms with Crippen LogP contribution in [0, 0.1) is 0 Å². The molecule has 0 aliphatic rings. The standard InChI is InChI=1S/C16H15NO4S/c1-21-16(18)11-10-13-6-5-9-15(12-13)17(22(19)20)14-7-3-2-4-8-14/h2-12H,1H3,(H,19,20). The van der Waals surface area contributed by atoms with Crippen molar-refractivity contribution in [3.63, 3.8) is 0 Å². The number of carbonyl (C=O) groups is 1. The Morgan fingerprint density at radius 1 is 1.14 bits per heavy atom. The fourth-order valence-corrected chi connectivity index (χ4v) is 2.48. The lowest BCUT2D eigenvalue weighted by Gasteiger charge is -2.20. The summed E-state index contributed by atoms with van der Waals surface area (Å²) in [5, 5.41) is 0. The molecule has 2 rings (SSSR count). The fourth-order valence-electron chi connectivity index (χ4n) is 1.88. The number of anilines is 2. The molecule has 0 aliphatic carbocycles. The van der Waals surface area contributed by atoms with E-state index >= 15 is 0 Å². The second-order valence-electron chi connectivity index (χ2n) is 4.31. The molecule has 0 spiro atoms. The zero-order valence-corrected chi connectivity index (χ0v) is 12.7. The molecular weight excluding hydrogens is 302 g/mol. The van der Waals surface area contributed by atoms with E-state index < -0.39 is 17.2 Å². The molecule has 0 bridgehead atoms. The largest absolute Gasteiger partial charge is 0.466 e. The molecule has 0 amide bonds. The molecule has 1 N–H and O–H groups in total. The molecule has 6 heteroatoms. The predicted octanol–water partition coefficient (Wildman–Crippen LogP) is 3.15. The maximum absolute atomic E-state index is 11.7. The molecule has 2 aromatic rings. The van der Waals surface area contributed by atoms with Crippen molar-refractivity contribution in [3.8, 4) is 0 Å². The minimum absolute atomic E-state index is 0.462. The van der Waals surface area contributed by atoms with Crippen molar-refractivity contribution in [1.29, 1.82) is 0 Å². The molecule has 114 valence electrons. The maximum Gasteiger partial charge on any atom is 0.330 e. The predicted molar refractivity (Wildman–Crippen MR) is 86.8 cm³/mol. The normalized spacial score (nSPS) is 12.1. The lowest BCUT2D eigenvalue weighted by atomic mass is 10.2. The molecule has 0 radical (unpaired) electrons. The number of ether oxygens (including phenoxy) is 1. The number of para-hydroxylation sites is 1. The third-order valence-corrected chi connectivity index (χ3v) is 3.60. The van der Waals surface area contributed by atoms with Gasteiger partial charge in [0.25, 0.3) is 11.3 Å². The fraction of sp³-hybridized carbons (Fsp3) is 0.0625. The molecule has 1 unspecified atom stereocenters. The van der Waals surface area contributed by atoms with E-state index in [0.29, 0.717) is 16.9 Å². The van der Waals surface area contributed by atoms with E-state index in [1.54, 1.807) is 54.6 Å². The molecular formula is C16H15NO4S. The lowest BCUT2D eigenvalue weighted by Crippen LogP contribution is -2.19. The molecule has 2 aromatic carbocycles. The summed E-state index contributed by atoms with van der Waals surface area (Å²) in [4.78, 5) is 11.1. The van der Waals surface area contributed by atoms with Gasteiger partial charge in [-0.3, -0.25) is 4.55 Å². The van der Waals surface area contributed by atoms with E-state index in [-0.39, 0.29) is 0 Å². The van der Waals surface area contributed by atoms with Crippen molar-refractivity contribution < 1.29 is 18.3 Å². The van der Waals surface area contributed by atoms with Gasteiger partial charge in [-0.1, -0.05) is 30.3 Å². The van der Waals surface area contributed by atoms with Crippen LogP contribution >= 0.6 is 0 Å². The molecule has 0 fully saturated rings. The summed E-state index contributed by atoms with van der Waals surface area (Å²) in [5.41, 5.74) is 1.85. The first-order chi connectivity index (χ1) is 10.6. The molecule has 22 heavy (non-hydrogen) atoms. The van der Waals surface area contributed by atoms with Crippen LogP contribution in [0.2, 0.25) is 0 Å². The van der Waals surface area contributed by atoms with E-state index in [4.69, 9.17) is 0 Å². The van der Waals surface area contributed by atoms with Crippen molar-refractivity contribution in [1.82, 2.24) is 0 Å². The van der Waals surface area contributed by atoms with Crippen LogP contribution in [0.3, 0.4) is 0 Å². The quantitative estimate of drug-likeness (QED) is 0.522. The van der Waals surface area contributed by atoms with Gasteiger partial charge in [0.1, 0.15) is 0 Å². The van der Waals surface area contributed by atoms with E-state index in [1.807, 2.05) is 6.07 Å². The van der Waals surface area contributed by atoms with Gasteiger partial charge in [-0.25, -0.2) is 13.3 Å². The monoisotopic (exact) mass is 317 g/mol. The van der Waals surface area contributed by atoms with Crippen LogP contribution in [0.5, 0.6) is 0 Å². The Hall–Kier alpha value is -2.44. The third-order valence-electron chi connectivity index (χ3n) is 2.86. The zero-order valence-electron chi connectivity index (χ0n) is 11.9. The highest BCUT2D eigenvalue weighted by Crippen LogP contribution is 2.27. The molecule has 0 aliphatic heterocycles. The molecule has 5 nitrogen and oxygen atoms in total. The second kappa shape index (κ2) is 7.53. The summed E-state index contributed by atoms with van der Waals surface area (Å²) < 4.78 is 27.1. The number of hydrogen-bond donors (Lipinski definition) is 1. The van der Waals surface area contributed by atoms with Gasteiger partial charge >= 0.3 is 5.97 Å². The summed E-state index contributed by atoms with van der Waals surface area (Å²) in [7, 11) is 1.30. The molecule has 1 atom stereocenters. The first-order valence-corrected chi connectivity index (χ1v) is 7.50. The Balaban J connectivity index is 2.36. The summed E-state index contributed by atoms with van der Waals surface area (Å²) in [6.07, 6.45) is 2.88. The third kappa shape index (κ3) is 4.03. The van der Waals surface area contributed by atoms with Crippen LogP contribution in [-0.2, 0) is 20.8 Å². The SMILES string of the molecule is COC(=O)C=Cc1cccc(N(c2ccccc2)S(=O)O)c1. The molecule has 0 heterocycles. The average Bonchev–Trinajstić information content (AvgIpc) is 2.54. The Labute approximate surface area is 131 Å². The maximum atomic E-state index is 11.7. The Morgan fingerprint density at radius 3 is 2.45 bits per heavy atom. The van der Waals surface area contributed by atoms with Gasteiger partial charge in [0.05, 0.1) is 18.5 Å². The number of rotatable bonds is 5. The summed E-state index contributed by atoms with van der Waals surface area (Å²) in [6.45, 7) is 0. The molecule has 0 aromatic heterocycles. The highest BCUT2D eigenvalue weighted by atomic mass is 32.2. The Kier molecular flexibility index (Phi) is 5.46. The summed E-state index contributed by atoms with van der Waals surface area (Å²) >= 11 is -2.21. The topological polar surface area (TPSA) is 66.8 Å². The van der Waals surface area contributed by atoms with Gasteiger partial charge < -0.3 is 4.74 Å². The van der Waals surface area contributed by atoms with Crippen LogP contribution in [0.15, 0.2) is 60.7 Å². The first kappa shape index (κ1) is 15.9. The number of methoxy groups -OCH3 is 1. The number of nitrogens with zero attached hydrogens (tertiary/aromatic N) is 1. The Morgan fingerprint density at radius 2 is 1.82 bits per heavy atom. The van der Waals surface area contributed by atoms with E-state index in [2.05, 4.69) is 4.74 Å². The van der Waals surface area contributed by atoms with Gasteiger partial charge in [-0.05, 0) is 35.9 Å². The number of benzene rings is 2. The first-order valence-electron chi connectivity index (χ1n) is 6.44. The van der Waals surface area contributed by atoms with Gasteiger partial charge in [0.15, 0.2) is 0 Å². The number of hydrogen-bond acceptors (Lipinski definition) is 3. The van der Waals surface area contributed by atoms with E-state index in [1.165, 1.54) is 17.5 Å². The lowest BCUT2D eigenvalue weighted by molar-refractivity contribution is -0.134. The van der Waals surface area contributed by atoms with Crippen molar-refractivity contribution in [2.45, 2.75) is 0 Å². The highest BCUT2D eigenvalue weighted by Gasteiger charge is 2.14. The van der Waals surface area contributed by atoms with Crippen LogP contribution in [0.4, 0.5) is 11.4 Å². The van der Waals surface area contributed by atoms with Crippen LogP contribution in [0.25, 0.3) is 6.08 Å². The molecule has 0 saturated carbocycles. The van der Waals surface area contributed by atoms with Crippen LogP contribution in [0.1, 0.15) is 5.56 Å². The van der Waals surface area contributed by atoms with Crippen molar-refractivity contribution in [3.05, 3.63) is 66.2 Å². The minimum atomic E-state index is -2.21. The van der Waals surface area contributed by atoms with Gasteiger partial charge in [-0.15, -0.1) is 0 Å².